The second-order valence-electron chi connectivity index (χ2n) is 2.97. The number of amides is 1. The van der Waals surface area contributed by atoms with Crippen molar-refractivity contribution < 1.29 is 9.90 Å². The fourth-order valence-corrected chi connectivity index (χ4v) is 1.10. The predicted molar refractivity (Wildman–Crippen MR) is 53.7 cm³/mol. The van der Waals surface area contributed by atoms with E-state index in [-0.39, 0.29) is 17.0 Å². The van der Waals surface area contributed by atoms with Gasteiger partial charge in [-0.3, -0.25) is 10.2 Å². The third-order valence-corrected chi connectivity index (χ3v) is 1.88. The smallest absolute Gasteiger partial charge is 0.269 e. The summed E-state index contributed by atoms with van der Waals surface area (Å²) < 4.78 is 0. The first kappa shape index (κ1) is 10.2. The van der Waals surface area contributed by atoms with E-state index in [0.717, 1.165) is 5.56 Å². The summed E-state index contributed by atoms with van der Waals surface area (Å²) in [6, 6.07) is 4.80. The highest BCUT2D eigenvalue weighted by Gasteiger charge is 2.13. The largest absolute Gasteiger partial charge is 0.507 e. The van der Waals surface area contributed by atoms with E-state index < -0.39 is 5.91 Å². The Morgan fingerprint density at radius 3 is 2.71 bits per heavy atom. The van der Waals surface area contributed by atoms with Crippen molar-refractivity contribution in [3.05, 3.63) is 29.3 Å². The van der Waals surface area contributed by atoms with Crippen molar-refractivity contribution in [3.63, 3.8) is 0 Å². The zero-order chi connectivity index (χ0) is 10.7. The number of carbonyl (C=O) groups excluding carboxylic acids is 1. The van der Waals surface area contributed by atoms with Crippen molar-refractivity contribution in [2.45, 2.75) is 6.92 Å². The van der Waals surface area contributed by atoms with Gasteiger partial charge in [-0.1, -0.05) is 11.6 Å². The normalized spacial score (nSPS) is 9.57. The molecule has 4 nitrogen and oxygen atoms in total. The second kappa shape index (κ2) is 3.91. The predicted octanol–water partition coefficient (Wildman–Crippen LogP) is 0.814. The number of carbonyl (C=O) groups is 1. The summed E-state index contributed by atoms with van der Waals surface area (Å²) in [6.07, 6.45) is 0. The van der Waals surface area contributed by atoms with Gasteiger partial charge in [0.25, 0.3) is 5.91 Å². The maximum atomic E-state index is 11.1. The first-order valence-electron chi connectivity index (χ1n) is 4.17. The lowest BCUT2D eigenvalue weighted by molar-refractivity contribution is -0.114. The van der Waals surface area contributed by atoms with Crippen LogP contribution in [-0.2, 0) is 4.79 Å². The van der Waals surface area contributed by atoms with E-state index in [1.807, 2.05) is 6.92 Å². The third-order valence-electron chi connectivity index (χ3n) is 1.88. The van der Waals surface area contributed by atoms with E-state index in [4.69, 9.17) is 5.41 Å². The lowest BCUT2D eigenvalue weighted by Gasteiger charge is -2.05. The van der Waals surface area contributed by atoms with Gasteiger partial charge < -0.3 is 10.4 Å². The quantitative estimate of drug-likeness (QED) is 0.607. The van der Waals surface area contributed by atoms with Crippen molar-refractivity contribution in [3.8, 4) is 5.75 Å². The molecular formula is C10H12N2O2. The van der Waals surface area contributed by atoms with Gasteiger partial charge in [0.1, 0.15) is 11.5 Å². The molecule has 0 radical (unpaired) electrons. The van der Waals surface area contributed by atoms with Gasteiger partial charge in [0, 0.05) is 12.6 Å². The van der Waals surface area contributed by atoms with Crippen LogP contribution in [0.5, 0.6) is 5.75 Å². The summed E-state index contributed by atoms with van der Waals surface area (Å²) in [5.74, 6) is -0.560. The van der Waals surface area contributed by atoms with E-state index in [1.54, 1.807) is 12.1 Å². The molecule has 0 fully saturated rings. The Labute approximate surface area is 82.1 Å². The molecule has 0 atom stereocenters. The van der Waals surface area contributed by atoms with Crippen molar-refractivity contribution in [2.24, 2.45) is 0 Å². The van der Waals surface area contributed by atoms with Gasteiger partial charge in [0.2, 0.25) is 0 Å². The number of aryl methyl sites for hydroxylation is 1. The van der Waals surface area contributed by atoms with Crippen LogP contribution in [0.1, 0.15) is 11.1 Å². The van der Waals surface area contributed by atoms with Gasteiger partial charge in [-0.05, 0) is 19.1 Å². The fraction of sp³-hybridized carbons (Fsp3) is 0.200. The number of rotatable bonds is 2. The third kappa shape index (κ3) is 1.90. The molecule has 14 heavy (non-hydrogen) atoms. The lowest BCUT2D eigenvalue weighted by atomic mass is 10.1. The number of hydrogen-bond donors (Lipinski definition) is 3. The van der Waals surface area contributed by atoms with Crippen molar-refractivity contribution in [2.75, 3.05) is 7.05 Å². The van der Waals surface area contributed by atoms with Gasteiger partial charge in [-0.2, -0.15) is 0 Å². The van der Waals surface area contributed by atoms with Crippen LogP contribution in [0, 0.1) is 12.3 Å². The Morgan fingerprint density at radius 2 is 2.14 bits per heavy atom. The summed E-state index contributed by atoms with van der Waals surface area (Å²) in [5, 5.41) is 19.3. The molecular weight excluding hydrogens is 180 g/mol. The van der Waals surface area contributed by atoms with Crippen molar-refractivity contribution in [1.29, 1.82) is 5.41 Å². The summed E-state index contributed by atoms with van der Waals surface area (Å²) in [5.41, 5.74) is 0.921. The van der Waals surface area contributed by atoms with Crippen molar-refractivity contribution in [1.82, 2.24) is 5.32 Å². The Bertz CT molecular complexity index is 386. The molecule has 0 aromatic heterocycles. The number of benzene rings is 1. The molecule has 0 unspecified atom stereocenters. The molecule has 1 rings (SSSR count). The molecule has 0 aliphatic rings. The summed E-state index contributed by atoms with van der Waals surface area (Å²) in [7, 11) is 1.45. The summed E-state index contributed by atoms with van der Waals surface area (Å²) in [4.78, 5) is 11.1. The molecule has 1 aromatic carbocycles. The number of phenolic OH excluding ortho intramolecular Hbond substituents is 1. The number of aromatic hydroxyl groups is 1. The molecule has 0 aliphatic heterocycles. The summed E-state index contributed by atoms with van der Waals surface area (Å²) in [6.45, 7) is 1.83. The van der Waals surface area contributed by atoms with Crippen LogP contribution < -0.4 is 5.32 Å². The molecule has 0 bridgehead atoms. The van der Waals surface area contributed by atoms with Crippen LogP contribution in [0.4, 0.5) is 0 Å². The molecule has 4 heteroatoms. The van der Waals surface area contributed by atoms with Crippen LogP contribution in [0.3, 0.4) is 0 Å². The fourth-order valence-electron chi connectivity index (χ4n) is 1.10. The molecule has 1 aromatic rings. The minimum atomic E-state index is -0.508. The van der Waals surface area contributed by atoms with E-state index >= 15 is 0 Å². The Hall–Kier alpha value is -1.84. The monoisotopic (exact) mass is 192 g/mol. The molecule has 0 spiro atoms. The lowest BCUT2D eigenvalue weighted by Crippen LogP contribution is -2.27. The maximum Gasteiger partial charge on any atom is 0.269 e. The molecule has 0 heterocycles. The molecule has 74 valence electrons. The number of hydrogen-bond acceptors (Lipinski definition) is 3. The average molecular weight is 192 g/mol. The minimum Gasteiger partial charge on any atom is -0.507 e. The van der Waals surface area contributed by atoms with E-state index in [0.29, 0.717) is 0 Å². The number of likely N-dealkylation sites (N-methyl/N-ethyl adjacent to an activating group) is 1. The molecule has 0 aliphatic carbocycles. The highest BCUT2D eigenvalue weighted by molar-refractivity contribution is 6.44. The molecule has 1 amide bonds. The van der Waals surface area contributed by atoms with Gasteiger partial charge in [-0.25, -0.2) is 0 Å². The zero-order valence-electron chi connectivity index (χ0n) is 8.09. The van der Waals surface area contributed by atoms with Crippen LogP contribution in [0.15, 0.2) is 18.2 Å². The van der Waals surface area contributed by atoms with Gasteiger partial charge in [0.15, 0.2) is 0 Å². The maximum absolute atomic E-state index is 11.1. The Morgan fingerprint density at radius 1 is 1.50 bits per heavy atom. The van der Waals surface area contributed by atoms with Gasteiger partial charge in [0.05, 0.1) is 0 Å². The van der Waals surface area contributed by atoms with Crippen LogP contribution in [0.25, 0.3) is 0 Å². The first-order valence-corrected chi connectivity index (χ1v) is 4.17. The standard InChI is InChI=1S/C10H12N2O2/c1-6-3-4-8(13)7(5-6)9(11)10(14)12-2/h3-5,11,13H,1-2H3,(H,12,14). The Balaban J connectivity index is 3.12. The topological polar surface area (TPSA) is 73.2 Å². The van der Waals surface area contributed by atoms with E-state index in [1.165, 1.54) is 13.1 Å². The number of phenols is 1. The zero-order valence-corrected chi connectivity index (χ0v) is 8.09. The van der Waals surface area contributed by atoms with E-state index in [2.05, 4.69) is 5.32 Å². The van der Waals surface area contributed by atoms with Crippen LogP contribution >= 0.6 is 0 Å². The number of nitrogens with one attached hydrogen (secondary N) is 2. The van der Waals surface area contributed by atoms with E-state index in [9.17, 15) is 9.90 Å². The minimum absolute atomic E-state index is 0.0517. The summed E-state index contributed by atoms with van der Waals surface area (Å²) >= 11 is 0. The second-order valence-corrected chi connectivity index (χ2v) is 2.97. The van der Waals surface area contributed by atoms with Gasteiger partial charge >= 0.3 is 0 Å². The van der Waals surface area contributed by atoms with Crippen LogP contribution in [-0.4, -0.2) is 23.8 Å². The molecule has 0 saturated carbocycles. The highest BCUT2D eigenvalue weighted by Crippen LogP contribution is 2.18. The SMILES string of the molecule is CNC(=O)C(=N)c1cc(C)ccc1O. The highest BCUT2D eigenvalue weighted by atomic mass is 16.3. The molecule has 3 N–H and O–H groups in total. The first-order chi connectivity index (χ1) is 6.56. The van der Waals surface area contributed by atoms with Crippen LogP contribution in [0.2, 0.25) is 0 Å². The van der Waals surface area contributed by atoms with Crippen molar-refractivity contribution >= 4 is 11.6 Å². The average Bonchev–Trinajstić information content (AvgIpc) is 2.19. The molecule has 0 saturated heterocycles. The van der Waals surface area contributed by atoms with Gasteiger partial charge in [-0.15, -0.1) is 0 Å². The Kier molecular flexibility index (Phi) is 2.86.